The van der Waals surface area contributed by atoms with Crippen LogP contribution in [0.2, 0.25) is 5.02 Å². The number of pyridine rings is 1. The second-order valence-electron chi connectivity index (χ2n) is 4.11. The van der Waals surface area contributed by atoms with Crippen LogP contribution in [0.3, 0.4) is 0 Å². The average Bonchev–Trinajstić information content (AvgIpc) is 2.40. The Bertz CT molecular complexity index is 616. The van der Waals surface area contributed by atoms with E-state index in [0.717, 1.165) is 14.7 Å². The third kappa shape index (κ3) is 3.67. The monoisotopic (exact) mass is 386 g/mol. The number of hydrogen-bond donors (Lipinski definition) is 1. The molecule has 0 radical (unpaired) electrons. The highest BCUT2D eigenvalue weighted by Gasteiger charge is 2.10. The van der Waals surface area contributed by atoms with E-state index in [-0.39, 0.29) is 5.91 Å². The van der Waals surface area contributed by atoms with Gasteiger partial charge >= 0.3 is 0 Å². The lowest BCUT2D eigenvalue weighted by Crippen LogP contribution is -2.24. The first-order valence-corrected chi connectivity index (χ1v) is 7.16. The van der Waals surface area contributed by atoms with Crippen molar-refractivity contribution in [2.24, 2.45) is 0 Å². The molecular formula is C14H12ClIN2O. The van der Waals surface area contributed by atoms with E-state index in [9.17, 15) is 4.79 Å². The summed E-state index contributed by atoms with van der Waals surface area (Å²) in [6.07, 6.45) is 3.50. The maximum absolute atomic E-state index is 12.1. The third-order valence-electron chi connectivity index (χ3n) is 2.75. The van der Waals surface area contributed by atoms with Crippen LogP contribution < -0.4 is 5.32 Å². The van der Waals surface area contributed by atoms with Gasteiger partial charge in [0.1, 0.15) is 0 Å². The number of carbonyl (C=O) groups is 1. The van der Waals surface area contributed by atoms with Crippen LogP contribution in [0.25, 0.3) is 0 Å². The number of rotatable bonds is 3. The molecule has 0 aliphatic carbocycles. The molecule has 2 rings (SSSR count). The van der Waals surface area contributed by atoms with Crippen molar-refractivity contribution in [2.75, 3.05) is 0 Å². The average molecular weight is 387 g/mol. The highest BCUT2D eigenvalue weighted by atomic mass is 127. The smallest absolute Gasteiger partial charge is 0.252 e. The SMILES string of the molecule is Cc1cnccc1CNC(=O)c1cc(Cl)ccc1I. The van der Waals surface area contributed by atoms with Gasteiger partial charge < -0.3 is 5.32 Å². The Labute approximate surface area is 130 Å². The molecule has 1 N–H and O–H groups in total. The van der Waals surface area contributed by atoms with Gasteiger partial charge in [-0.25, -0.2) is 0 Å². The van der Waals surface area contributed by atoms with Crippen LogP contribution >= 0.6 is 34.2 Å². The lowest BCUT2D eigenvalue weighted by atomic mass is 10.1. The van der Waals surface area contributed by atoms with Crippen LogP contribution in [0, 0.1) is 10.5 Å². The van der Waals surface area contributed by atoms with E-state index in [0.29, 0.717) is 17.1 Å². The summed E-state index contributed by atoms with van der Waals surface area (Å²) < 4.78 is 0.881. The molecule has 0 saturated heterocycles. The Morgan fingerprint density at radius 1 is 1.42 bits per heavy atom. The van der Waals surface area contributed by atoms with Crippen molar-refractivity contribution in [3.05, 3.63) is 61.9 Å². The van der Waals surface area contributed by atoms with Crippen LogP contribution in [0.15, 0.2) is 36.7 Å². The number of carbonyl (C=O) groups excluding carboxylic acids is 1. The van der Waals surface area contributed by atoms with E-state index in [1.807, 2.05) is 19.1 Å². The third-order valence-corrected chi connectivity index (χ3v) is 3.92. The van der Waals surface area contributed by atoms with Gasteiger partial charge in [-0.2, -0.15) is 0 Å². The van der Waals surface area contributed by atoms with E-state index in [4.69, 9.17) is 11.6 Å². The number of amides is 1. The maximum atomic E-state index is 12.1. The Kier molecular flexibility index (Phi) is 4.76. The molecule has 1 amide bonds. The van der Waals surface area contributed by atoms with Crippen molar-refractivity contribution in [3.8, 4) is 0 Å². The van der Waals surface area contributed by atoms with Crippen molar-refractivity contribution in [2.45, 2.75) is 13.5 Å². The Morgan fingerprint density at radius 3 is 2.95 bits per heavy atom. The lowest BCUT2D eigenvalue weighted by molar-refractivity contribution is 0.0950. The zero-order chi connectivity index (χ0) is 13.8. The molecule has 0 unspecified atom stereocenters. The molecule has 0 aliphatic heterocycles. The standard InChI is InChI=1S/C14H12ClIN2O/c1-9-7-17-5-4-10(9)8-18-14(19)12-6-11(15)2-3-13(12)16/h2-7H,8H2,1H3,(H,18,19). The summed E-state index contributed by atoms with van der Waals surface area (Å²) in [5.41, 5.74) is 2.71. The minimum Gasteiger partial charge on any atom is -0.348 e. The Morgan fingerprint density at radius 2 is 2.21 bits per heavy atom. The van der Waals surface area contributed by atoms with Crippen LogP contribution in [-0.2, 0) is 6.54 Å². The number of aromatic nitrogens is 1. The molecule has 0 spiro atoms. The summed E-state index contributed by atoms with van der Waals surface area (Å²) in [6, 6.07) is 7.18. The molecule has 2 aromatic rings. The molecule has 5 heteroatoms. The summed E-state index contributed by atoms with van der Waals surface area (Å²) in [6.45, 7) is 2.45. The number of nitrogens with zero attached hydrogens (tertiary/aromatic N) is 1. The topological polar surface area (TPSA) is 42.0 Å². The maximum Gasteiger partial charge on any atom is 0.252 e. The van der Waals surface area contributed by atoms with Crippen LogP contribution in [0.4, 0.5) is 0 Å². The summed E-state index contributed by atoms with van der Waals surface area (Å²) >= 11 is 8.04. The molecular weight excluding hydrogens is 375 g/mol. The molecule has 1 aromatic heterocycles. The molecule has 19 heavy (non-hydrogen) atoms. The summed E-state index contributed by atoms with van der Waals surface area (Å²) in [4.78, 5) is 16.1. The first kappa shape index (κ1) is 14.3. The van der Waals surface area contributed by atoms with Gasteiger partial charge in [-0.05, 0) is 64.9 Å². The Balaban J connectivity index is 2.10. The molecule has 1 aromatic carbocycles. The molecule has 0 fully saturated rings. The molecule has 0 atom stereocenters. The van der Waals surface area contributed by atoms with Gasteiger partial charge in [0.25, 0.3) is 5.91 Å². The molecule has 0 bridgehead atoms. The quantitative estimate of drug-likeness (QED) is 0.819. The predicted octanol–water partition coefficient (Wildman–Crippen LogP) is 3.58. The largest absolute Gasteiger partial charge is 0.348 e. The summed E-state index contributed by atoms with van der Waals surface area (Å²) in [5, 5.41) is 3.45. The van der Waals surface area contributed by atoms with E-state index >= 15 is 0 Å². The van der Waals surface area contributed by atoms with E-state index < -0.39 is 0 Å². The minimum absolute atomic E-state index is 0.122. The zero-order valence-corrected chi connectivity index (χ0v) is 13.2. The number of halogens is 2. The van der Waals surface area contributed by atoms with E-state index in [1.165, 1.54) is 0 Å². The van der Waals surface area contributed by atoms with Gasteiger partial charge in [-0.15, -0.1) is 0 Å². The molecule has 3 nitrogen and oxygen atoms in total. The van der Waals surface area contributed by atoms with Crippen molar-refractivity contribution in [3.63, 3.8) is 0 Å². The first-order valence-electron chi connectivity index (χ1n) is 5.70. The summed E-state index contributed by atoms with van der Waals surface area (Å²) in [5.74, 6) is -0.122. The fourth-order valence-corrected chi connectivity index (χ4v) is 2.40. The van der Waals surface area contributed by atoms with Crippen molar-refractivity contribution in [1.82, 2.24) is 10.3 Å². The van der Waals surface area contributed by atoms with Gasteiger partial charge in [0.15, 0.2) is 0 Å². The van der Waals surface area contributed by atoms with E-state index in [1.54, 1.807) is 24.5 Å². The van der Waals surface area contributed by atoms with Gasteiger partial charge in [0.2, 0.25) is 0 Å². The van der Waals surface area contributed by atoms with Crippen LogP contribution in [0.1, 0.15) is 21.5 Å². The fraction of sp³-hybridized carbons (Fsp3) is 0.143. The second-order valence-corrected chi connectivity index (χ2v) is 5.71. The zero-order valence-electron chi connectivity index (χ0n) is 10.3. The highest BCUT2D eigenvalue weighted by Crippen LogP contribution is 2.18. The van der Waals surface area contributed by atoms with Gasteiger partial charge in [0, 0.05) is 27.5 Å². The number of benzene rings is 1. The van der Waals surface area contributed by atoms with Gasteiger partial charge in [-0.1, -0.05) is 11.6 Å². The summed E-state index contributed by atoms with van der Waals surface area (Å²) in [7, 11) is 0. The normalized spacial score (nSPS) is 10.3. The second kappa shape index (κ2) is 6.34. The fourth-order valence-electron chi connectivity index (χ4n) is 1.64. The van der Waals surface area contributed by atoms with Crippen molar-refractivity contribution < 1.29 is 4.79 Å². The van der Waals surface area contributed by atoms with Crippen LogP contribution in [0.5, 0.6) is 0 Å². The number of nitrogens with one attached hydrogen (secondary N) is 1. The van der Waals surface area contributed by atoms with Gasteiger partial charge in [-0.3, -0.25) is 9.78 Å². The minimum atomic E-state index is -0.122. The molecule has 98 valence electrons. The predicted molar refractivity (Wildman–Crippen MR) is 84.3 cm³/mol. The van der Waals surface area contributed by atoms with Crippen LogP contribution in [-0.4, -0.2) is 10.9 Å². The van der Waals surface area contributed by atoms with Gasteiger partial charge in [0.05, 0.1) is 5.56 Å². The molecule has 1 heterocycles. The molecule has 0 saturated carbocycles. The molecule has 0 aliphatic rings. The van der Waals surface area contributed by atoms with E-state index in [2.05, 4.69) is 32.9 Å². The number of hydrogen-bond acceptors (Lipinski definition) is 2. The van der Waals surface area contributed by atoms with Crippen molar-refractivity contribution in [1.29, 1.82) is 0 Å². The first-order chi connectivity index (χ1) is 9.08. The lowest BCUT2D eigenvalue weighted by Gasteiger charge is -2.09. The number of aryl methyl sites for hydroxylation is 1. The Hall–Kier alpha value is -1.14. The highest BCUT2D eigenvalue weighted by molar-refractivity contribution is 14.1. The van der Waals surface area contributed by atoms with Crippen molar-refractivity contribution >= 4 is 40.1 Å².